The highest BCUT2D eigenvalue weighted by atomic mass is 32.2. The predicted octanol–water partition coefficient (Wildman–Crippen LogP) is 2.23. The van der Waals surface area contributed by atoms with Crippen molar-refractivity contribution in [2.24, 2.45) is 11.7 Å². The lowest BCUT2D eigenvalue weighted by atomic mass is 9.95. The highest BCUT2D eigenvalue weighted by molar-refractivity contribution is 7.89. The van der Waals surface area contributed by atoms with Gasteiger partial charge in [-0.3, -0.25) is 0 Å². The third kappa shape index (κ3) is 2.95. The summed E-state index contributed by atoms with van der Waals surface area (Å²) in [4.78, 5) is -0.495. The summed E-state index contributed by atoms with van der Waals surface area (Å²) in [5.41, 5.74) is 4.90. The zero-order chi connectivity index (χ0) is 15.8. The third-order valence-corrected chi connectivity index (χ3v) is 6.05. The van der Waals surface area contributed by atoms with Gasteiger partial charge in [-0.05, 0) is 37.8 Å². The lowest BCUT2D eigenvalue weighted by molar-refractivity contribution is 0.219. The van der Waals surface area contributed by atoms with Crippen molar-refractivity contribution < 1.29 is 17.2 Å². The molecule has 0 aromatic heterocycles. The quantitative estimate of drug-likeness (QED) is 0.929. The maximum absolute atomic E-state index is 14.3. The topological polar surface area (TPSA) is 63.4 Å². The summed E-state index contributed by atoms with van der Waals surface area (Å²) in [6, 6.07) is 1.73. The Morgan fingerprint density at radius 3 is 2.57 bits per heavy atom. The summed E-state index contributed by atoms with van der Waals surface area (Å²) in [6.07, 6.45) is 1.46. The molecule has 2 unspecified atom stereocenters. The minimum absolute atomic E-state index is 0.204. The first-order valence-electron chi connectivity index (χ1n) is 6.97. The fourth-order valence-corrected chi connectivity index (χ4v) is 4.58. The number of nitrogens with two attached hydrogens (primary N) is 1. The maximum Gasteiger partial charge on any atom is 0.246 e. The van der Waals surface area contributed by atoms with E-state index >= 15 is 0 Å². The van der Waals surface area contributed by atoms with Gasteiger partial charge in [0.2, 0.25) is 10.0 Å². The van der Waals surface area contributed by atoms with E-state index in [2.05, 4.69) is 6.92 Å². The van der Waals surface area contributed by atoms with Crippen molar-refractivity contribution in [1.82, 2.24) is 4.31 Å². The molecule has 0 radical (unpaired) electrons. The number of nitrogens with zero attached hydrogens (tertiary/aromatic N) is 1. The van der Waals surface area contributed by atoms with Crippen LogP contribution in [0.25, 0.3) is 0 Å². The zero-order valence-corrected chi connectivity index (χ0v) is 13.0. The van der Waals surface area contributed by atoms with Crippen LogP contribution in [0.4, 0.5) is 8.78 Å². The SMILES string of the molecule is CC1CCN(S(=O)(=O)c2ccc(F)c(CN)c2F)C(C)C1. The highest BCUT2D eigenvalue weighted by Gasteiger charge is 2.35. The molecule has 1 aliphatic rings. The molecule has 0 saturated carbocycles. The van der Waals surface area contributed by atoms with Crippen LogP contribution in [0.3, 0.4) is 0 Å². The number of halogens is 2. The number of rotatable bonds is 3. The van der Waals surface area contributed by atoms with Crippen molar-refractivity contribution in [3.8, 4) is 0 Å². The molecule has 1 fully saturated rings. The number of hydrogen-bond donors (Lipinski definition) is 1. The standard InChI is InChI=1S/C14H20F2N2O2S/c1-9-5-6-18(10(2)7-9)21(19,20)13-4-3-12(15)11(8-17)14(13)16/h3-4,9-10H,5-8,17H2,1-2H3. The van der Waals surface area contributed by atoms with Gasteiger partial charge < -0.3 is 5.73 Å². The molecule has 4 nitrogen and oxygen atoms in total. The van der Waals surface area contributed by atoms with Crippen LogP contribution in [0.5, 0.6) is 0 Å². The fraction of sp³-hybridized carbons (Fsp3) is 0.571. The van der Waals surface area contributed by atoms with Crippen LogP contribution in [0, 0.1) is 17.6 Å². The molecule has 0 spiro atoms. The Morgan fingerprint density at radius 1 is 1.33 bits per heavy atom. The van der Waals surface area contributed by atoms with Gasteiger partial charge in [-0.2, -0.15) is 4.31 Å². The van der Waals surface area contributed by atoms with Gasteiger partial charge in [0.05, 0.1) is 0 Å². The van der Waals surface area contributed by atoms with Gasteiger partial charge in [0.15, 0.2) is 5.82 Å². The van der Waals surface area contributed by atoms with Gasteiger partial charge in [-0.25, -0.2) is 17.2 Å². The molecule has 1 aromatic rings. The van der Waals surface area contributed by atoms with E-state index in [0.29, 0.717) is 12.5 Å². The third-order valence-electron chi connectivity index (χ3n) is 4.02. The van der Waals surface area contributed by atoms with Crippen LogP contribution in [0.2, 0.25) is 0 Å². The van der Waals surface area contributed by atoms with Gasteiger partial charge in [-0.15, -0.1) is 0 Å². The minimum atomic E-state index is -3.98. The molecule has 118 valence electrons. The van der Waals surface area contributed by atoms with Gasteiger partial charge in [-0.1, -0.05) is 6.92 Å². The van der Waals surface area contributed by atoms with Gasteiger partial charge in [0, 0.05) is 24.7 Å². The molecule has 0 aliphatic carbocycles. The molecule has 1 aromatic carbocycles. The van der Waals surface area contributed by atoms with Crippen LogP contribution in [0.15, 0.2) is 17.0 Å². The van der Waals surface area contributed by atoms with E-state index in [4.69, 9.17) is 5.73 Å². The summed E-state index contributed by atoms with van der Waals surface area (Å²) in [7, 11) is -3.98. The van der Waals surface area contributed by atoms with Crippen LogP contribution in [-0.4, -0.2) is 25.3 Å². The van der Waals surface area contributed by atoms with E-state index in [9.17, 15) is 17.2 Å². The first-order chi connectivity index (χ1) is 9.78. The summed E-state index contributed by atoms with van der Waals surface area (Å²) >= 11 is 0. The van der Waals surface area contributed by atoms with Gasteiger partial charge in [0.25, 0.3) is 0 Å². The Kier molecular flexibility index (Phi) is 4.65. The molecule has 1 aliphatic heterocycles. The predicted molar refractivity (Wildman–Crippen MR) is 76.0 cm³/mol. The van der Waals surface area contributed by atoms with Crippen LogP contribution >= 0.6 is 0 Å². The van der Waals surface area contributed by atoms with E-state index in [0.717, 1.165) is 25.0 Å². The molecule has 1 saturated heterocycles. The van der Waals surface area contributed by atoms with Crippen LogP contribution in [-0.2, 0) is 16.6 Å². The second kappa shape index (κ2) is 5.98. The normalized spacial score (nSPS) is 24.2. The number of hydrogen-bond acceptors (Lipinski definition) is 3. The summed E-state index contributed by atoms with van der Waals surface area (Å²) in [5.74, 6) is -1.47. The molecule has 21 heavy (non-hydrogen) atoms. The van der Waals surface area contributed by atoms with Crippen LogP contribution < -0.4 is 5.73 Å². The van der Waals surface area contributed by atoms with E-state index in [1.165, 1.54) is 4.31 Å². The smallest absolute Gasteiger partial charge is 0.246 e. The second-order valence-corrected chi connectivity index (χ2v) is 7.50. The van der Waals surface area contributed by atoms with Crippen molar-refractivity contribution in [3.63, 3.8) is 0 Å². The number of sulfonamides is 1. The van der Waals surface area contributed by atoms with Crippen molar-refractivity contribution >= 4 is 10.0 Å². The van der Waals surface area contributed by atoms with E-state index in [-0.39, 0.29) is 12.6 Å². The maximum atomic E-state index is 14.3. The Balaban J connectivity index is 2.45. The van der Waals surface area contributed by atoms with Crippen molar-refractivity contribution in [3.05, 3.63) is 29.3 Å². The second-order valence-electron chi connectivity index (χ2n) is 5.64. The monoisotopic (exact) mass is 318 g/mol. The number of benzene rings is 1. The van der Waals surface area contributed by atoms with E-state index in [1.807, 2.05) is 0 Å². The fourth-order valence-electron chi connectivity index (χ4n) is 2.83. The lowest BCUT2D eigenvalue weighted by Gasteiger charge is -2.35. The first-order valence-corrected chi connectivity index (χ1v) is 8.41. The summed E-state index contributed by atoms with van der Waals surface area (Å²) in [5, 5.41) is 0. The zero-order valence-electron chi connectivity index (χ0n) is 12.1. The van der Waals surface area contributed by atoms with E-state index in [1.54, 1.807) is 6.92 Å². The molecule has 2 N–H and O–H groups in total. The molecule has 0 bridgehead atoms. The summed E-state index contributed by atoms with van der Waals surface area (Å²) < 4.78 is 54.3. The molecular formula is C14H20F2N2O2S. The van der Waals surface area contributed by atoms with Crippen molar-refractivity contribution in [2.45, 2.75) is 44.2 Å². The Hall–Kier alpha value is -1.05. The highest BCUT2D eigenvalue weighted by Crippen LogP contribution is 2.30. The average Bonchev–Trinajstić information content (AvgIpc) is 2.38. The Labute approximate surface area is 124 Å². The molecule has 0 amide bonds. The van der Waals surface area contributed by atoms with Gasteiger partial charge in [0.1, 0.15) is 10.7 Å². The average molecular weight is 318 g/mol. The molecule has 7 heteroatoms. The summed E-state index contributed by atoms with van der Waals surface area (Å²) in [6.45, 7) is 3.83. The first kappa shape index (κ1) is 16.3. The Bertz CT molecular complexity index is 634. The minimum Gasteiger partial charge on any atom is -0.326 e. The van der Waals surface area contributed by atoms with Crippen LogP contribution in [0.1, 0.15) is 32.3 Å². The van der Waals surface area contributed by atoms with E-state index < -0.39 is 32.1 Å². The van der Waals surface area contributed by atoms with Gasteiger partial charge >= 0.3 is 0 Å². The number of piperidine rings is 1. The molecular weight excluding hydrogens is 298 g/mol. The molecule has 1 heterocycles. The lowest BCUT2D eigenvalue weighted by Crippen LogP contribution is -2.44. The molecule has 2 rings (SSSR count). The Morgan fingerprint density at radius 2 is 2.00 bits per heavy atom. The van der Waals surface area contributed by atoms with Crippen molar-refractivity contribution in [1.29, 1.82) is 0 Å². The van der Waals surface area contributed by atoms with Crippen molar-refractivity contribution in [2.75, 3.05) is 6.54 Å². The molecule has 2 atom stereocenters. The largest absolute Gasteiger partial charge is 0.326 e.